The van der Waals surface area contributed by atoms with E-state index in [1.807, 2.05) is 0 Å². The number of hydrogen-bond acceptors (Lipinski definition) is 1. The quantitative estimate of drug-likeness (QED) is 0.572. The maximum Gasteiger partial charge on any atom is 0.404 e. The SMILES string of the molecule is FC(F)(F)[C@@H](Cl)C[CH]COc1ccc(Cl)cc1. The smallest absolute Gasteiger partial charge is 0.404 e. The van der Waals surface area contributed by atoms with Gasteiger partial charge in [-0.3, -0.25) is 0 Å². The summed E-state index contributed by atoms with van der Waals surface area (Å²) in [5.74, 6) is 0.545. The van der Waals surface area contributed by atoms with Crippen LogP contribution in [0, 0.1) is 6.42 Å². The first-order chi connectivity index (χ1) is 7.89. The second-order valence-corrected chi connectivity index (χ2v) is 4.26. The molecule has 0 N–H and O–H groups in total. The third-order valence-electron chi connectivity index (χ3n) is 1.91. The lowest BCUT2D eigenvalue weighted by Crippen LogP contribution is -2.23. The molecule has 17 heavy (non-hydrogen) atoms. The maximum absolute atomic E-state index is 12.0. The van der Waals surface area contributed by atoms with Crippen molar-refractivity contribution in [3.63, 3.8) is 0 Å². The van der Waals surface area contributed by atoms with E-state index in [2.05, 4.69) is 0 Å². The van der Waals surface area contributed by atoms with Crippen LogP contribution >= 0.6 is 23.2 Å². The average Bonchev–Trinajstić information content (AvgIpc) is 2.25. The van der Waals surface area contributed by atoms with Crippen LogP contribution in [0.5, 0.6) is 5.75 Å². The minimum atomic E-state index is -4.38. The molecule has 0 fully saturated rings. The first kappa shape index (κ1) is 14.5. The molecule has 95 valence electrons. The van der Waals surface area contributed by atoms with Crippen LogP contribution in [0.4, 0.5) is 13.2 Å². The molecule has 0 bridgehead atoms. The zero-order valence-electron chi connectivity index (χ0n) is 8.68. The highest BCUT2D eigenvalue weighted by atomic mass is 35.5. The van der Waals surface area contributed by atoms with Crippen LogP contribution in [0.15, 0.2) is 24.3 Å². The molecule has 0 spiro atoms. The van der Waals surface area contributed by atoms with Crippen molar-refractivity contribution >= 4 is 23.2 Å². The maximum atomic E-state index is 12.0. The largest absolute Gasteiger partial charge is 0.493 e. The summed E-state index contributed by atoms with van der Waals surface area (Å²) in [5, 5.41) is -1.30. The van der Waals surface area contributed by atoms with Crippen molar-refractivity contribution in [1.82, 2.24) is 0 Å². The van der Waals surface area contributed by atoms with Crippen molar-refractivity contribution in [2.75, 3.05) is 6.61 Å². The Hall–Kier alpha value is -0.610. The van der Waals surface area contributed by atoms with Gasteiger partial charge in [-0.25, -0.2) is 0 Å². The van der Waals surface area contributed by atoms with Gasteiger partial charge in [-0.1, -0.05) is 11.6 Å². The molecule has 0 saturated carbocycles. The topological polar surface area (TPSA) is 9.23 Å². The molecule has 0 aliphatic carbocycles. The van der Waals surface area contributed by atoms with E-state index < -0.39 is 11.6 Å². The van der Waals surface area contributed by atoms with Gasteiger partial charge in [0, 0.05) is 11.4 Å². The monoisotopic (exact) mass is 285 g/mol. The Morgan fingerprint density at radius 1 is 1.24 bits per heavy atom. The summed E-state index contributed by atoms with van der Waals surface area (Å²) >= 11 is 10.8. The number of benzene rings is 1. The van der Waals surface area contributed by atoms with Crippen LogP contribution in [-0.4, -0.2) is 18.2 Å². The van der Waals surface area contributed by atoms with Gasteiger partial charge >= 0.3 is 6.18 Å². The third-order valence-corrected chi connectivity index (χ3v) is 2.59. The summed E-state index contributed by atoms with van der Waals surface area (Å²) in [5.41, 5.74) is 0. The van der Waals surface area contributed by atoms with E-state index in [4.69, 9.17) is 27.9 Å². The van der Waals surface area contributed by atoms with E-state index in [-0.39, 0.29) is 13.0 Å². The van der Waals surface area contributed by atoms with Crippen molar-refractivity contribution in [2.24, 2.45) is 0 Å². The molecule has 6 heteroatoms. The van der Waals surface area contributed by atoms with Crippen LogP contribution in [0.25, 0.3) is 0 Å². The minimum absolute atomic E-state index is 0.0704. The fourth-order valence-corrected chi connectivity index (χ4v) is 1.29. The Kier molecular flexibility index (Phi) is 5.40. The standard InChI is InChI=1S/C11H10Cl2F3O/c12-8-3-5-9(6-4-8)17-7-1-2-10(13)11(14,15)16/h1,3-6,10H,2,7H2/t10-/m0/s1. The Labute approximate surface area is 107 Å². The Balaban J connectivity index is 2.23. The molecule has 0 aliphatic rings. The third kappa shape index (κ3) is 5.50. The average molecular weight is 286 g/mol. The zero-order chi connectivity index (χ0) is 12.9. The van der Waals surface area contributed by atoms with Gasteiger partial charge in [-0.15, -0.1) is 11.6 Å². The number of ether oxygens (including phenoxy) is 1. The Bertz CT molecular complexity index is 338. The predicted octanol–water partition coefficient (Wildman–Crippen LogP) is 4.48. The van der Waals surface area contributed by atoms with Crippen molar-refractivity contribution in [1.29, 1.82) is 0 Å². The highest BCUT2D eigenvalue weighted by Crippen LogP contribution is 2.27. The molecule has 0 aliphatic heterocycles. The summed E-state index contributed by atoms with van der Waals surface area (Å²) in [6.07, 6.45) is -3.31. The minimum Gasteiger partial charge on any atom is -0.493 e. The lowest BCUT2D eigenvalue weighted by atomic mass is 10.2. The van der Waals surface area contributed by atoms with Gasteiger partial charge in [0.1, 0.15) is 11.1 Å². The number of hydrogen-bond donors (Lipinski definition) is 0. The van der Waals surface area contributed by atoms with Crippen LogP contribution in [0.3, 0.4) is 0 Å². The molecule has 1 radical (unpaired) electrons. The first-order valence-corrected chi connectivity index (χ1v) is 5.62. The van der Waals surface area contributed by atoms with Crippen molar-refractivity contribution in [3.8, 4) is 5.75 Å². The number of rotatable bonds is 5. The van der Waals surface area contributed by atoms with E-state index >= 15 is 0 Å². The number of alkyl halides is 4. The van der Waals surface area contributed by atoms with E-state index in [0.29, 0.717) is 10.8 Å². The fourth-order valence-electron chi connectivity index (χ4n) is 1.03. The second kappa shape index (κ2) is 6.36. The van der Waals surface area contributed by atoms with Gasteiger partial charge in [0.05, 0.1) is 6.61 Å². The van der Waals surface area contributed by atoms with E-state index in [0.717, 1.165) is 0 Å². The molecule has 0 aromatic heterocycles. The molecule has 0 heterocycles. The fraction of sp³-hybridized carbons (Fsp3) is 0.364. The van der Waals surface area contributed by atoms with Gasteiger partial charge in [0.25, 0.3) is 0 Å². The molecule has 1 atom stereocenters. The highest BCUT2D eigenvalue weighted by molar-refractivity contribution is 6.30. The second-order valence-electron chi connectivity index (χ2n) is 3.30. The molecular weight excluding hydrogens is 276 g/mol. The predicted molar refractivity (Wildman–Crippen MR) is 61.6 cm³/mol. The summed E-state index contributed by atoms with van der Waals surface area (Å²) in [6, 6.07) is 6.55. The Morgan fingerprint density at radius 2 is 1.82 bits per heavy atom. The first-order valence-electron chi connectivity index (χ1n) is 4.80. The molecule has 1 aromatic rings. The normalized spacial score (nSPS) is 13.5. The van der Waals surface area contributed by atoms with Gasteiger partial charge < -0.3 is 4.74 Å². The highest BCUT2D eigenvalue weighted by Gasteiger charge is 2.37. The summed E-state index contributed by atoms with van der Waals surface area (Å²) in [6.45, 7) is 0.0704. The lowest BCUT2D eigenvalue weighted by molar-refractivity contribution is -0.130. The van der Waals surface area contributed by atoms with Crippen LogP contribution in [0.2, 0.25) is 5.02 Å². The summed E-state index contributed by atoms with van der Waals surface area (Å²) in [4.78, 5) is 0. The molecule has 0 saturated heterocycles. The van der Waals surface area contributed by atoms with Crippen LogP contribution in [-0.2, 0) is 0 Å². The molecule has 0 amide bonds. The molecule has 1 rings (SSSR count). The van der Waals surface area contributed by atoms with E-state index in [1.165, 1.54) is 6.42 Å². The van der Waals surface area contributed by atoms with Crippen molar-refractivity contribution in [2.45, 2.75) is 18.0 Å². The zero-order valence-corrected chi connectivity index (χ0v) is 10.2. The van der Waals surface area contributed by atoms with E-state index in [9.17, 15) is 13.2 Å². The van der Waals surface area contributed by atoms with Gasteiger partial charge in [0.15, 0.2) is 0 Å². The van der Waals surface area contributed by atoms with Crippen molar-refractivity contribution in [3.05, 3.63) is 35.7 Å². The van der Waals surface area contributed by atoms with Crippen molar-refractivity contribution < 1.29 is 17.9 Å². The molecular formula is C11H10Cl2F3O. The van der Waals surface area contributed by atoms with Gasteiger partial charge in [0.2, 0.25) is 0 Å². The number of halogens is 5. The van der Waals surface area contributed by atoms with Gasteiger partial charge in [-0.2, -0.15) is 13.2 Å². The molecule has 1 aromatic carbocycles. The van der Waals surface area contributed by atoms with Gasteiger partial charge in [-0.05, 0) is 30.7 Å². The molecule has 0 unspecified atom stereocenters. The van der Waals surface area contributed by atoms with Crippen LogP contribution < -0.4 is 4.74 Å². The van der Waals surface area contributed by atoms with Crippen LogP contribution in [0.1, 0.15) is 6.42 Å². The Morgan fingerprint density at radius 3 is 2.35 bits per heavy atom. The van der Waals surface area contributed by atoms with E-state index in [1.54, 1.807) is 24.3 Å². The summed E-state index contributed by atoms with van der Waals surface area (Å²) < 4.78 is 41.3. The molecule has 1 nitrogen and oxygen atoms in total. The lowest BCUT2D eigenvalue weighted by Gasteiger charge is -2.13. The summed E-state index contributed by atoms with van der Waals surface area (Å²) in [7, 11) is 0.